The molecule has 1 spiro atoms. The predicted octanol–water partition coefficient (Wildman–Crippen LogP) is 6.91. The molecular weight excluding hydrogens is 637 g/mol. The number of alkyl halides is 3. The Morgan fingerprint density at radius 3 is 2.42 bits per heavy atom. The minimum Gasteiger partial charge on any atom is -0.456 e. The lowest BCUT2D eigenvalue weighted by Gasteiger charge is -2.57. The summed E-state index contributed by atoms with van der Waals surface area (Å²) < 4.78 is 72.6. The normalized spacial score (nSPS) is 44.2. The second kappa shape index (κ2) is 14.2. The van der Waals surface area contributed by atoms with Crippen molar-refractivity contribution in [3.8, 4) is 0 Å². The zero-order valence-corrected chi connectivity index (χ0v) is 29.0. The fourth-order valence-corrected chi connectivity index (χ4v) is 9.97. The smallest absolute Gasteiger partial charge is 0.449 e. The molecule has 4 saturated heterocycles. The third-order valence-corrected chi connectivity index (χ3v) is 12.7. The SMILES string of the molecule is CC1CCC2C(C)CCC(C(C)C(O)OCCCCOCC3=C(C(F)(F)F)OC4OC5(C)CCC6C(C)CCC3C46OO5)C2(OO)CO1. The molecule has 13 heteroatoms. The first-order valence-corrected chi connectivity index (χ1v) is 18.1. The number of unbranched alkanes of at least 4 members (excludes halogenated alkanes) is 1. The molecule has 7 aliphatic rings. The number of halogens is 3. The Morgan fingerprint density at radius 2 is 1.67 bits per heavy atom. The van der Waals surface area contributed by atoms with E-state index >= 15 is 0 Å². The molecule has 2 N–H and O–H groups in total. The molecule has 2 aliphatic carbocycles. The fraction of sp³-hybridized carbons (Fsp3) is 0.943. The van der Waals surface area contributed by atoms with Crippen LogP contribution < -0.4 is 0 Å². The fourth-order valence-electron chi connectivity index (χ4n) is 9.97. The van der Waals surface area contributed by atoms with Gasteiger partial charge in [-0.15, -0.1) is 0 Å². The number of allylic oxidation sites excluding steroid dienone is 1. The van der Waals surface area contributed by atoms with Crippen LogP contribution >= 0.6 is 0 Å². The Morgan fingerprint density at radius 1 is 0.938 bits per heavy atom. The van der Waals surface area contributed by atoms with Crippen molar-refractivity contribution in [2.75, 3.05) is 26.4 Å². The molecule has 276 valence electrons. The maximum Gasteiger partial charge on any atom is 0.449 e. The van der Waals surface area contributed by atoms with Gasteiger partial charge in [-0.2, -0.15) is 13.2 Å². The number of hydrogen-bond acceptors (Lipinski definition) is 10. The molecule has 5 heterocycles. The molecule has 2 bridgehead atoms. The summed E-state index contributed by atoms with van der Waals surface area (Å²) in [6, 6.07) is 0. The lowest BCUT2D eigenvalue weighted by molar-refractivity contribution is -0.557. The van der Waals surface area contributed by atoms with Gasteiger partial charge in [-0.1, -0.05) is 20.8 Å². The zero-order valence-electron chi connectivity index (χ0n) is 29.0. The van der Waals surface area contributed by atoms with Crippen molar-refractivity contribution in [2.45, 2.75) is 141 Å². The summed E-state index contributed by atoms with van der Waals surface area (Å²) in [7, 11) is 0. The number of ether oxygens (including phenoxy) is 5. The minimum absolute atomic E-state index is 0.0471. The van der Waals surface area contributed by atoms with Crippen molar-refractivity contribution in [1.29, 1.82) is 0 Å². The Balaban J connectivity index is 1.03. The average molecular weight is 693 g/mol. The van der Waals surface area contributed by atoms with E-state index in [-0.39, 0.29) is 67.7 Å². The summed E-state index contributed by atoms with van der Waals surface area (Å²) in [5.74, 6) is -2.70. The molecule has 2 saturated carbocycles. The van der Waals surface area contributed by atoms with E-state index in [9.17, 15) is 23.5 Å². The summed E-state index contributed by atoms with van der Waals surface area (Å²) in [5, 5.41) is 21.2. The largest absolute Gasteiger partial charge is 0.456 e. The van der Waals surface area contributed by atoms with Crippen molar-refractivity contribution < 1.29 is 61.9 Å². The van der Waals surface area contributed by atoms with E-state index in [0.29, 0.717) is 38.0 Å². The standard InChI is InChI=1S/C35H55F3O10/c1-20-8-11-27(33(46-40)19-43-22(3)10-13-25(20)33)23(4)30(39)42-17-7-6-16-41-18-24-28-12-9-21(2)26-14-15-32(5)45-31(34(26,28)48-47-32)44-29(24)35(36,37)38/h20-23,25-28,30-31,39-40H,6-19H2,1-5H3. The third-order valence-electron chi connectivity index (χ3n) is 12.7. The average Bonchev–Trinajstić information content (AvgIpc) is 3.38. The lowest BCUT2D eigenvalue weighted by Crippen LogP contribution is -2.67. The van der Waals surface area contributed by atoms with E-state index in [2.05, 4.69) is 13.8 Å². The molecule has 10 nitrogen and oxygen atoms in total. The van der Waals surface area contributed by atoms with Crippen molar-refractivity contribution >= 4 is 0 Å². The molecule has 0 aromatic heterocycles. The van der Waals surface area contributed by atoms with Gasteiger partial charge >= 0.3 is 6.18 Å². The molecule has 5 aliphatic heterocycles. The molecule has 13 unspecified atom stereocenters. The zero-order chi connectivity index (χ0) is 34.5. The second-order valence-electron chi connectivity index (χ2n) is 15.7. The number of aliphatic hydroxyl groups excluding tert-OH is 1. The lowest BCUT2D eigenvalue weighted by atomic mass is 9.59. The van der Waals surface area contributed by atoms with Gasteiger partial charge in [0.15, 0.2) is 11.9 Å². The first-order valence-electron chi connectivity index (χ1n) is 18.1. The third kappa shape index (κ3) is 6.58. The molecule has 0 radical (unpaired) electrons. The molecule has 7 rings (SSSR count). The van der Waals surface area contributed by atoms with Gasteiger partial charge < -0.3 is 28.8 Å². The van der Waals surface area contributed by atoms with Gasteiger partial charge in [0.2, 0.25) is 17.8 Å². The van der Waals surface area contributed by atoms with Crippen LogP contribution in [0.15, 0.2) is 11.3 Å². The van der Waals surface area contributed by atoms with Crippen molar-refractivity contribution in [3.05, 3.63) is 11.3 Å². The summed E-state index contributed by atoms with van der Waals surface area (Å²) >= 11 is 0. The molecule has 48 heavy (non-hydrogen) atoms. The number of hydrogen-bond donors (Lipinski definition) is 2. The van der Waals surface area contributed by atoms with Gasteiger partial charge in [0.25, 0.3) is 0 Å². The monoisotopic (exact) mass is 692 g/mol. The van der Waals surface area contributed by atoms with Gasteiger partial charge in [-0.3, -0.25) is 5.26 Å². The highest BCUT2D eigenvalue weighted by molar-refractivity contribution is 5.28. The maximum absolute atomic E-state index is 14.4. The van der Waals surface area contributed by atoms with E-state index < -0.39 is 47.4 Å². The minimum atomic E-state index is -4.71. The Bertz CT molecular complexity index is 1150. The quantitative estimate of drug-likeness (QED) is 0.103. The van der Waals surface area contributed by atoms with Crippen LogP contribution in [0.1, 0.15) is 98.8 Å². The van der Waals surface area contributed by atoms with E-state index in [1.807, 2.05) is 13.8 Å². The Kier molecular flexibility index (Phi) is 10.9. The van der Waals surface area contributed by atoms with Crippen LogP contribution in [0.2, 0.25) is 0 Å². The first kappa shape index (κ1) is 36.8. The summed E-state index contributed by atoms with van der Waals surface area (Å²) in [4.78, 5) is 17.0. The molecule has 0 aromatic rings. The van der Waals surface area contributed by atoms with E-state index in [1.165, 1.54) is 0 Å². The van der Waals surface area contributed by atoms with Gasteiger partial charge in [0.05, 0.1) is 19.3 Å². The Hall–Kier alpha value is -1.03. The molecule has 0 amide bonds. The van der Waals surface area contributed by atoms with Gasteiger partial charge in [-0.05, 0) is 89.4 Å². The summed E-state index contributed by atoms with van der Waals surface area (Å²) in [6.07, 6.45) is 0.0837. The van der Waals surface area contributed by atoms with Crippen LogP contribution in [-0.2, 0) is 38.3 Å². The van der Waals surface area contributed by atoms with Crippen LogP contribution in [-0.4, -0.2) is 78.6 Å². The van der Waals surface area contributed by atoms with Gasteiger partial charge in [0, 0.05) is 48.9 Å². The molecule has 13 atom stereocenters. The maximum atomic E-state index is 14.4. The van der Waals surface area contributed by atoms with Gasteiger partial charge in [0.1, 0.15) is 5.60 Å². The van der Waals surface area contributed by atoms with Crippen molar-refractivity contribution in [1.82, 2.24) is 0 Å². The topological polar surface area (TPSA) is 114 Å². The van der Waals surface area contributed by atoms with Crippen LogP contribution in [0.3, 0.4) is 0 Å². The molecule has 0 aromatic carbocycles. The highest BCUT2D eigenvalue weighted by Gasteiger charge is 2.70. The number of fused-ring (bicyclic) bond motifs is 3. The summed E-state index contributed by atoms with van der Waals surface area (Å²) in [6.45, 7) is 10.4. The van der Waals surface area contributed by atoms with Crippen molar-refractivity contribution in [2.24, 2.45) is 41.4 Å². The molecular formula is C35H55F3O10. The first-order chi connectivity index (χ1) is 22.8. The van der Waals surface area contributed by atoms with E-state index in [1.54, 1.807) is 6.92 Å². The van der Waals surface area contributed by atoms with Crippen LogP contribution in [0, 0.1) is 41.4 Å². The van der Waals surface area contributed by atoms with Crippen LogP contribution in [0.4, 0.5) is 13.2 Å². The molecule has 6 fully saturated rings. The highest BCUT2D eigenvalue weighted by atomic mass is 19.4. The van der Waals surface area contributed by atoms with E-state index in [0.717, 1.165) is 32.1 Å². The number of aliphatic hydroxyl groups is 1. The van der Waals surface area contributed by atoms with E-state index in [4.69, 9.17) is 38.3 Å². The van der Waals surface area contributed by atoms with Crippen molar-refractivity contribution in [3.63, 3.8) is 0 Å². The highest BCUT2D eigenvalue weighted by Crippen LogP contribution is 2.61. The summed E-state index contributed by atoms with van der Waals surface area (Å²) in [5.41, 5.74) is -2.02. The van der Waals surface area contributed by atoms with Crippen LogP contribution in [0.25, 0.3) is 0 Å². The Labute approximate surface area is 281 Å². The predicted molar refractivity (Wildman–Crippen MR) is 165 cm³/mol. The number of rotatable bonds is 11. The van der Waals surface area contributed by atoms with Gasteiger partial charge in [-0.25, -0.2) is 14.7 Å². The second-order valence-corrected chi connectivity index (χ2v) is 15.7. The van der Waals surface area contributed by atoms with Crippen LogP contribution in [0.5, 0.6) is 0 Å².